The van der Waals surface area contributed by atoms with E-state index in [0.717, 1.165) is 29.3 Å². The lowest BCUT2D eigenvalue weighted by Crippen LogP contribution is -2.44. The second kappa shape index (κ2) is 7.47. The molecule has 0 bridgehead atoms. The van der Waals surface area contributed by atoms with Gasteiger partial charge in [0, 0.05) is 41.7 Å². The summed E-state index contributed by atoms with van der Waals surface area (Å²) >= 11 is 0. The molecular weight excluding hydrogens is 336 g/mol. The topological polar surface area (TPSA) is 34.1 Å². The van der Waals surface area contributed by atoms with Gasteiger partial charge >= 0.3 is 0 Å². The number of methoxy groups -OCH3 is 2. The number of ether oxygens (including phenoxy) is 2. The van der Waals surface area contributed by atoms with Crippen LogP contribution in [-0.2, 0) is 0 Å². The largest absolute Gasteiger partial charge is 0.497 e. The molecule has 0 saturated carbocycles. The van der Waals surface area contributed by atoms with Crippen LogP contribution in [-0.4, -0.2) is 32.5 Å². The highest BCUT2D eigenvalue weighted by atomic mass is 16.5. The third kappa shape index (κ3) is 3.70. The molecule has 0 unspecified atom stereocenters. The van der Waals surface area contributed by atoms with Crippen molar-refractivity contribution in [1.82, 2.24) is 0 Å². The van der Waals surface area contributed by atoms with Crippen molar-refractivity contribution in [3.63, 3.8) is 0 Å². The highest BCUT2D eigenvalue weighted by molar-refractivity contribution is 5.92. The summed E-state index contributed by atoms with van der Waals surface area (Å²) in [6.45, 7) is 9.78. The molecule has 142 valence electrons. The molecule has 0 radical (unpaired) electrons. The summed E-state index contributed by atoms with van der Waals surface area (Å²) < 4.78 is 11.0. The molecule has 1 aliphatic heterocycles. The molecule has 0 aliphatic carbocycles. The minimum atomic E-state index is -0.0208. The number of hydrogen-bond acceptors (Lipinski definition) is 4. The summed E-state index contributed by atoms with van der Waals surface area (Å²) in [6.07, 6.45) is 4.19. The van der Waals surface area contributed by atoms with Gasteiger partial charge in [-0.2, -0.15) is 0 Å². The molecule has 2 aromatic rings. The molecular formula is C23H28N2O2. The first-order valence-corrected chi connectivity index (χ1v) is 9.27. The van der Waals surface area contributed by atoms with Gasteiger partial charge in [-0.1, -0.05) is 12.1 Å². The first-order valence-electron chi connectivity index (χ1n) is 9.27. The van der Waals surface area contributed by atoms with Crippen LogP contribution in [0, 0.1) is 0 Å². The van der Waals surface area contributed by atoms with Crippen LogP contribution in [0.25, 0.3) is 5.57 Å². The molecule has 0 amide bonds. The maximum absolute atomic E-state index is 5.68. The fourth-order valence-corrected chi connectivity index (χ4v) is 3.81. The quantitative estimate of drug-likeness (QED) is 0.659. The SMILES string of the molecule is CCN1c2cc(OC)c(C=Nc3cccc(OC)c3)cc2C(C)=CC1(C)C. The third-order valence-electron chi connectivity index (χ3n) is 5.05. The summed E-state index contributed by atoms with van der Waals surface area (Å²) in [5, 5.41) is 0. The zero-order valence-electron chi connectivity index (χ0n) is 17.0. The molecule has 1 heterocycles. The average Bonchev–Trinajstić information content (AvgIpc) is 2.65. The van der Waals surface area contributed by atoms with Gasteiger partial charge < -0.3 is 14.4 Å². The van der Waals surface area contributed by atoms with Crippen LogP contribution in [0.2, 0.25) is 0 Å². The Kier molecular flexibility index (Phi) is 5.26. The molecule has 0 fully saturated rings. The maximum atomic E-state index is 5.68. The Morgan fingerprint density at radius 3 is 2.56 bits per heavy atom. The average molecular weight is 364 g/mol. The molecule has 4 heteroatoms. The Morgan fingerprint density at radius 1 is 1.11 bits per heavy atom. The van der Waals surface area contributed by atoms with Crippen LogP contribution in [0.4, 0.5) is 11.4 Å². The summed E-state index contributed by atoms with van der Waals surface area (Å²) in [5.74, 6) is 1.62. The van der Waals surface area contributed by atoms with E-state index < -0.39 is 0 Å². The minimum Gasteiger partial charge on any atom is -0.497 e. The van der Waals surface area contributed by atoms with E-state index in [-0.39, 0.29) is 5.54 Å². The number of anilines is 1. The molecule has 3 rings (SSSR count). The first-order chi connectivity index (χ1) is 12.9. The van der Waals surface area contributed by atoms with Crippen LogP contribution >= 0.6 is 0 Å². The monoisotopic (exact) mass is 364 g/mol. The minimum absolute atomic E-state index is 0.0208. The van der Waals surface area contributed by atoms with E-state index >= 15 is 0 Å². The number of benzene rings is 2. The van der Waals surface area contributed by atoms with Gasteiger partial charge in [0.15, 0.2) is 0 Å². The Bertz CT molecular complexity index is 897. The van der Waals surface area contributed by atoms with Gasteiger partial charge in [0.05, 0.1) is 25.4 Å². The normalized spacial score (nSPS) is 15.5. The standard InChI is InChI=1S/C23H28N2O2/c1-7-25-21-13-22(27-6)17(11-20(21)16(2)14-23(25,3)4)15-24-18-9-8-10-19(12-18)26-5/h8-15H,7H2,1-6H3. The highest BCUT2D eigenvalue weighted by Gasteiger charge is 2.31. The molecule has 27 heavy (non-hydrogen) atoms. The fraction of sp³-hybridized carbons (Fsp3) is 0.348. The first kappa shape index (κ1) is 19.0. The number of nitrogens with zero attached hydrogens (tertiary/aromatic N) is 2. The Morgan fingerprint density at radius 2 is 1.89 bits per heavy atom. The van der Waals surface area contributed by atoms with Crippen molar-refractivity contribution in [3.05, 3.63) is 53.6 Å². The van der Waals surface area contributed by atoms with Gasteiger partial charge in [0.25, 0.3) is 0 Å². The zero-order valence-corrected chi connectivity index (χ0v) is 17.0. The smallest absolute Gasteiger partial charge is 0.129 e. The number of fused-ring (bicyclic) bond motifs is 1. The van der Waals surface area contributed by atoms with Gasteiger partial charge in [0.2, 0.25) is 0 Å². The predicted molar refractivity (Wildman–Crippen MR) is 114 cm³/mol. The molecule has 2 aromatic carbocycles. The number of rotatable bonds is 5. The van der Waals surface area contributed by atoms with E-state index in [9.17, 15) is 0 Å². The number of hydrogen-bond donors (Lipinski definition) is 0. The van der Waals surface area contributed by atoms with Crippen molar-refractivity contribution < 1.29 is 9.47 Å². The fourth-order valence-electron chi connectivity index (χ4n) is 3.81. The predicted octanol–water partition coefficient (Wildman–Crippen LogP) is 5.48. The maximum Gasteiger partial charge on any atom is 0.129 e. The van der Waals surface area contributed by atoms with E-state index in [1.54, 1.807) is 14.2 Å². The van der Waals surface area contributed by atoms with Crippen LogP contribution in [0.3, 0.4) is 0 Å². The van der Waals surface area contributed by atoms with Gasteiger partial charge in [-0.05, 0) is 51.5 Å². The Balaban J connectivity index is 2.05. The van der Waals surface area contributed by atoms with E-state index in [1.165, 1.54) is 16.8 Å². The lowest BCUT2D eigenvalue weighted by atomic mass is 9.88. The highest BCUT2D eigenvalue weighted by Crippen LogP contribution is 2.41. The summed E-state index contributed by atoms with van der Waals surface area (Å²) in [6, 6.07) is 12.0. The van der Waals surface area contributed by atoms with Crippen molar-refractivity contribution in [2.75, 3.05) is 25.7 Å². The van der Waals surface area contributed by atoms with Crippen molar-refractivity contribution in [2.45, 2.75) is 33.2 Å². The molecule has 0 atom stereocenters. The lowest BCUT2D eigenvalue weighted by molar-refractivity contribution is 0.413. The van der Waals surface area contributed by atoms with Crippen molar-refractivity contribution in [2.24, 2.45) is 4.99 Å². The molecule has 0 saturated heterocycles. The van der Waals surface area contributed by atoms with E-state index in [2.05, 4.69) is 55.8 Å². The molecule has 0 spiro atoms. The van der Waals surface area contributed by atoms with Gasteiger partial charge in [-0.3, -0.25) is 4.99 Å². The second-order valence-electron chi connectivity index (χ2n) is 7.30. The summed E-state index contributed by atoms with van der Waals surface area (Å²) in [5.41, 5.74) is 5.49. The van der Waals surface area contributed by atoms with Crippen molar-refractivity contribution in [3.8, 4) is 11.5 Å². The van der Waals surface area contributed by atoms with Crippen LogP contribution < -0.4 is 14.4 Å². The van der Waals surface area contributed by atoms with E-state index in [4.69, 9.17) is 9.47 Å². The lowest BCUT2D eigenvalue weighted by Gasteiger charge is -2.43. The summed E-state index contributed by atoms with van der Waals surface area (Å²) in [4.78, 5) is 7.02. The summed E-state index contributed by atoms with van der Waals surface area (Å²) in [7, 11) is 3.36. The number of allylic oxidation sites excluding steroid dienone is 1. The number of aliphatic imine (C=N–C) groups is 1. The second-order valence-corrected chi connectivity index (χ2v) is 7.30. The van der Waals surface area contributed by atoms with Crippen LogP contribution in [0.1, 0.15) is 38.8 Å². The molecule has 1 aliphatic rings. The van der Waals surface area contributed by atoms with Crippen LogP contribution in [0.5, 0.6) is 11.5 Å². The zero-order chi connectivity index (χ0) is 19.6. The van der Waals surface area contributed by atoms with Gasteiger partial charge in [-0.25, -0.2) is 0 Å². The third-order valence-corrected chi connectivity index (χ3v) is 5.05. The van der Waals surface area contributed by atoms with Gasteiger partial charge in [0.1, 0.15) is 11.5 Å². The Labute approximate surface area is 162 Å². The molecule has 4 nitrogen and oxygen atoms in total. The van der Waals surface area contributed by atoms with E-state index in [1.807, 2.05) is 30.5 Å². The van der Waals surface area contributed by atoms with Crippen LogP contribution in [0.15, 0.2) is 47.5 Å². The molecule has 0 N–H and O–H groups in total. The number of likely N-dealkylation sites (N-methyl/N-ethyl adjacent to an activating group) is 1. The Hall–Kier alpha value is -2.75. The van der Waals surface area contributed by atoms with Crippen molar-refractivity contribution in [1.29, 1.82) is 0 Å². The van der Waals surface area contributed by atoms with E-state index in [0.29, 0.717) is 0 Å². The molecule has 0 aromatic heterocycles. The van der Waals surface area contributed by atoms with Gasteiger partial charge in [-0.15, -0.1) is 0 Å². The van der Waals surface area contributed by atoms with Crippen molar-refractivity contribution >= 4 is 23.2 Å².